The molecule has 0 spiro atoms. The van der Waals surface area contributed by atoms with Crippen LogP contribution in [-0.2, 0) is 6.18 Å². The first-order valence-electron chi connectivity index (χ1n) is 8.35. The third-order valence-corrected chi connectivity index (χ3v) is 4.16. The van der Waals surface area contributed by atoms with E-state index in [1.54, 1.807) is 13.8 Å². The monoisotopic (exact) mass is 391 g/mol. The van der Waals surface area contributed by atoms with Gasteiger partial charge in [0.25, 0.3) is 11.8 Å². The zero-order valence-electron chi connectivity index (χ0n) is 14.9. The zero-order chi connectivity index (χ0) is 20.6. The fourth-order valence-electron chi connectivity index (χ4n) is 2.84. The molecular formula is C19H16F3N3O3. The summed E-state index contributed by atoms with van der Waals surface area (Å²) in [6, 6.07) is 7.30. The van der Waals surface area contributed by atoms with Crippen molar-refractivity contribution in [3.8, 4) is 0 Å². The maximum atomic E-state index is 12.6. The lowest BCUT2D eigenvalue weighted by Gasteiger charge is -2.17. The Morgan fingerprint density at radius 1 is 0.893 bits per heavy atom. The van der Waals surface area contributed by atoms with E-state index in [0.29, 0.717) is 0 Å². The van der Waals surface area contributed by atoms with Crippen molar-refractivity contribution in [2.75, 3.05) is 10.6 Å². The van der Waals surface area contributed by atoms with Crippen LogP contribution in [0.2, 0.25) is 0 Å². The number of urea groups is 1. The number of amides is 4. The first-order valence-corrected chi connectivity index (χ1v) is 8.35. The molecule has 1 aliphatic rings. The van der Waals surface area contributed by atoms with Crippen molar-refractivity contribution in [2.24, 2.45) is 0 Å². The predicted octanol–water partition coefficient (Wildman–Crippen LogP) is 4.35. The number of fused-ring (bicyclic) bond motifs is 1. The number of hydrogen-bond donors (Lipinski definition) is 2. The van der Waals surface area contributed by atoms with Crippen LogP contribution < -0.4 is 10.6 Å². The van der Waals surface area contributed by atoms with Crippen LogP contribution in [0.5, 0.6) is 0 Å². The van der Waals surface area contributed by atoms with Gasteiger partial charge in [0.2, 0.25) is 0 Å². The van der Waals surface area contributed by atoms with Crippen LogP contribution in [0.3, 0.4) is 0 Å². The highest BCUT2D eigenvalue weighted by Crippen LogP contribution is 2.30. The molecule has 2 aromatic carbocycles. The molecule has 0 bridgehead atoms. The van der Waals surface area contributed by atoms with E-state index in [0.717, 1.165) is 29.2 Å². The summed E-state index contributed by atoms with van der Waals surface area (Å²) in [6.45, 7) is 3.44. The fraction of sp³-hybridized carbons (Fsp3) is 0.211. The van der Waals surface area contributed by atoms with Crippen molar-refractivity contribution in [1.29, 1.82) is 0 Å². The molecule has 6 nitrogen and oxygen atoms in total. The predicted molar refractivity (Wildman–Crippen MR) is 96.2 cm³/mol. The van der Waals surface area contributed by atoms with Gasteiger partial charge in [0.15, 0.2) is 0 Å². The SMILES string of the molecule is CC(C)N1C(=O)c2ccc(NC(=O)Nc3ccc(C(F)(F)F)cc3)cc2C1=O. The first kappa shape index (κ1) is 19.4. The highest BCUT2D eigenvalue weighted by Gasteiger charge is 2.37. The number of carbonyl (C=O) groups is 3. The number of alkyl halides is 3. The average molecular weight is 391 g/mol. The van der Waals surface area contributed by atoms with Crippen LogP contribution >= 0.6 is 0 Å². The van der Waals surface area contributed by atoms with Crippen molar-refractivity contribution in [3.05, 3.63) is 59.2 Å². The van der Waals surface area contributed by atoms with Gasteiger partial charge in [-0.05, 0) is 56.3 Å². The minimum atomic E-state index is -4.46. The summed E-state index contributed by atoms with van der Waals surface area (Å²) in [7, 11) is 0. The number of nitrogens with one attached hydrogen (secondary N) is 2. The highest BCUT2D eigenvalue weighted by molar-refractivity contribution is 6.22. The molecule has 0 saturated carbocycles. The van der Waals surface area contributed by atoms with Crippen LogP contribution in [0.4, 0.5) is 29.3 Å². The Bertz CT molecular complexity index is 953. The van der Waals surface area contributed by atoms with Crippen LogP contribution in [0.25, 0.3) is 0 Å². The summed E-state index contributed by atoms with van der Waals surface area (Å²) in [5, 5.41) is 4.89. The molecule has 0 aromatic heterocycles. The molecule has 0 saturated heterocycles. The van der Waals surface area contributed by atoms with Crippen molar-refractivity contribution < 1.29 is 27.6 Å². The van der Waals surface area contributed by atoms with Crippen molar-refractivity contribution in [1.82, 2.24) is 4.90 Å². The molecule has 0 radical (unpaired) electrons. The summed E-state index contributed by atoms with van der Waals surface area (Å²) in [6.07, 6.45) is -4.46. The molecule has 0 aliphatic carbocycles. The molecule has 9 heteroatoms. The Balaban J connectivity index is 1.71. The van der Waals surface area contributed by atoms with Gasteiger partial charge in [-0.1, -0.05) is 0 Å². The second kappa shape index (κ2) is 6.99. The Morgan fingerprint density at radius 2 is 1.43 bits per heavy atom. The number of hydrogen-bond acceptors (Lipinski definition) is 3. The van der Waals surface area contributed by atoms with E-state index < -0.39 is 29.6 Å². The molecule has 0 unspecified atom stereocenters. The molecular weight excluding hydrogens is 375 g/mol. The normalized spacial score (nSPS) is 13.7. The van der Waals surface area contributed by atoms with E-state index in [4.69, 9.17) is 0 Å². The summed E-state index contributed by atoms with van der Waals surface area (Å²) in [5.41, 5.74) is 0.0622. The van der Waals surface area contributed by atoms with E-state index in [1.807, 2.05) is 0 Å². The van der Waals surface area contributed by atoms with Gasteiger partial charge in [0.1, 0.15) is 0 Å². The van der Waals surface area contributed by atoms with Crippen LogP contribution in [0.1, 0.15) is 40.1 Å². The Hall–Kier alpha value is -3.36. The Kier molecular flexibility index (Phi) is 4.84. The number of rotatable bonds is 3. The number of carbonyl (C=O) groups excluding carboxylic acids is 3. The third-order valence-electron chi connectivity index (χ3n) is 4.16. The lowest BCUT2D eigenvalue weighted by molar-refractivity contribution is -0.137. The Labute approximate surface area is 158 Å². The molecule has 146 valence electrons. The van der Waals surface area contributed by atoms with Crippen molar-refractivity contribution >= 4 is 29.2 Å². The number of benzene rings is 2. The van der Waals surface area contributed by atoms with Crippen molar-refractivity contribution in [3.63, 3.8) is 0 Å². The minimum absolute atomic E-state index is 0.170. The molecule has 3 rings (SSSR count). The number of imide groups is 1. The van der Waals surface area contributed by atoms with Crippen LogP contribution in [0, 0.1) is 0 Å². The van der Waals surface area contributed by atoms with E-state index in [2.05, 4.69) is 10.6 Å². The number of halogens is 3. The van der Waals surface area contributed by atoms with Gasteiger partial charge in [-0.15, -0.1) is 0 Å². The van der Waals surface area contributed by atoms with E-state index in [1.165, 1.54) is 18.2 Å². The van der Waals surface area contributed by atoms with E-state index in [9.17, 15) is 27.6 Å². The molecule has 4 amide bonds. The lowest BCUT2D eigenvalue weighted by atomic mass is 10.1. The van der Waals surface area contributed by atoms with Gasteiger partial charge >= 0.3 is 12.2 Å². The van der Waals surface area contributed by atoms with Crippen molar-refractivity contribution in [2.45, 2.75) is 26.1 Å². The smallest absolute Gasteiger partial charge is 0.308 e. The average Bonchev–Trinajstić information content (AvgIpc) is 2.85. The van der Waals surface area contributed by atoms with Gasteiger partial charge < -0.3 is 10.6 Å². The summed E-state index contributed by atoms with van der Waals surface area (Å²) >= 11 is 0. The van der Waals surface area contributed by atoms with Gasteiger partial charge in [0, 0.05) is 17.4 Å². The largest absolute Gasteiger partial charge is 0.416 e. The van der Waals surface area contributed by atoms with Gasteiger partial charge in [-0.2, -0.15) is 13.2 Å². The van der Waals surface area contributed by atoms with Gasteiger partial charge in [-0.25, -0.2) is 4.79 Å². The standard InChI is InChI=1S/C19H16F3N3O3/c1-10(2)25-16(26)14-8-7-13(9-15(14)17(25)27)24-18(28)23-12-5-3-11(4-6-12)19(20,21)22/h3-10H,1-2H3,(H2,23,24,28). The maximum Gasteiger partial charge on any atom is 0.416 e. The molecule has 0 fully saturated rings. The van der Waals surface area contributed by atoms with Gasteiger partial charge in [-0.3, -0.25) is 14.5 Å². The molecule has 2 N–H and O–H groups in total. The highest BCUT2D eigenvalue weighted by atomic mass is 19.4. The second-order valence-electron chi connectivity index (χ2n) is 6.49. The Morgan fingerprint density at radius 3 is 2.00 bits per heavy atom. The van der Waals surface area contributed by atoms with E-state index in [-0.39, 0.29) is 28.5 Å². The molecule has 1 aliphatic heterocycles. The summed E-state index contributed by atoms with van der Waals surface area (Å²) in [4.78, 5) is 37.8. The van der Waals surface area contributed by atoms with E-state index >= 15 is 0 Å². The number of anilines is 2. The first-order chi connectivity index (χ1) is 13.1. The van der Waals surface area contributed by atoms with Crippen LogP contribution in [-0.4, -0.2) is 28.8 Å². The summed E-state index contributed by atoms with van der Waals surface area (Å²) in [5.74, 6) is -0.836. The lowest BCUT2D eigenvalue weighted by Crippen LogP contribution is -2.35. The van der Waals surface area contributed by atoms with Gasteiger partial charge in [0.05, 0.1) is 16.7 Å². The zero-order valence-corrected chi connectivity index (χ0v) is 14.9. The topological polar surface area (TPSA) is 78.5 Å². The molecule has 28 heavy (non-hydrogen) atoms. The maximum absolute atomic E-state index is 12.6. The molecule has 2 aromatic rings. The third kappa shape index (κ3) is 3.68. The molecule has 0 atom stereocenters. The number of nitrogens with zero attached hydrogens (tertiary/aromatic N) is 1. The second-order valence-corrected chi connectivity index (χ2v) is 6.49. The minimum Gasteiger partial charge on any atom is -0.308 e. The van der Waals surface area contributed by atoms with Crippen LogP contribution in [0.15, 0.2) is 42.5 Å². The fourth-order valence-corrected chi connectivity index (χ4v) is 2.84. The summed E-state index contributed by atoms with van der Waals surface area (Å²) < 4.78 is 37.7. The quantitative estimate of drug-likeness (QED) is 0.764. The molecule has 1 heterocycles.